The van der Waals surface area contributed by atoms with E-state index in [1.807, 2.05) is 58.2 Å². The summed E-state index contributed by atoms with van der Waals surface area (Å²) in [6.07, 6.45) is 50.4. The van der Waals surface area contributed by atoms with E-state index in [2.05, 4.69) is 38.2 Å². The van der Waals surface area contributed by atoms with Gasteiger partial charge >= 0.3 is 232 Å². The van der Waals surface area contributed by atoms with Crippen molar-refractivity contribution in [2.45, 2.75) is 201 Å². The predicted molar refractivity (Wildman–Crippen MR) is 208 cm³/mol. The minimum atomic E-state index is -5.78. The van der Waals surface area contributed by atoms with Crippen LogP contribution in [0.4, 0.5) is 5.33 Å². The van der Waals surface area contributed by atoms with Crippen LogP contribution in [0.15, 0.2) is 73.4 Å². The van der Waals surface area contributed by atoms with Crippen LogP contribution in [0.5, 0.6) is 0 Å². The van der Waals surface area contributed by atoms with Crippen molar-refractivity contribution in [3.05, 3.63) is 73.4 Å². The second kappa shape index (κ2) is 30.4. The van der Waals surface area contributed by atoms with Gasteiger partial charge in [0.15, 0.2) is 0 Å². The van der Waals surface area contributed by atoms with Crippen LogP contribution < -0.4 is 0 Å². The summed E-state index contributed by atoms with van der Waals surface area (Å²) in [5, 5.41) is 0. The summed E-state index contributed by atoms with van der Waals surface area (Å²) < 4.78 is 36.2. The Kier molecular flexibility index (Phi) is 27.3. The van der Waals surface area contributed by atoms with Crippen molar-refractivity contribution in [1.82, 2.24) is 9.13 Å². The molecule has 0 fully saturated rings. The van der Waals surface area contributed by atoms with E-state index in [0.29, 0.717) is 12.8 Å². The first-order chi connectivity index (χ1) is 24.1. The van der Waals surface area contributed by atoms with Crippen molar-refractivity contribution in [3.8, 4) is 0 Å². The summed E-state index contributed by atoms with van der Waals surface area (Å²) >= 11 is -5.78. The normalized spacial score (nSPS) is 13.6. The fraction of sp³-hybridized carbons (Fsp3) is 0.727. The summed E-state index contributed by atoms with van der Waals surface area (Å²) in [4.78, 5) is 0. The van der Waals surface area contributed by atoms with Crippen LogP contribution in [0.25, 0.3) is 0 Å². The predicted octanol–water partition coefficient (Wildman–Crippen LogP) is 16.0. The fourth-order valence-electron chi connectivity index (χ4n) is 7.23. The van der Waals surface area contributed by atoms with Crippen LogP contribution in [0.2, 0.25) is 0 Å². The van der Waals surface area contributed by atoms with Gasteiger partial charge in [-0.3, -0.25) is 0 Å². The third-order valence-electron chi connectivity index (χ3n) is 10.3. The summed E-state index contributed by atoms with van der Waals surface area (Å²) in [5.41, 5.74) is 0. The molecule has 2 heterocycles. The van der Waals surface area contributed by atoms with Gasteiger partial charge in [-0.05, 0) is 0 Å². The van der Waals surface area contributed by atoms with Gasteiger partial charge in [0, 0.05) is 0 Å². The van der Waals surface area contributed by atoms with Crippen molar-refractivity contribution < 1.29 is 26.5 Å². The molecule has 0 aliphatic carbocycles. The Balaban J connectivity index is 1.70. The van der Waals surface area contributed by atoms with Gasteiger partial charge in [-0.2, -0.15) is 0 Å². The first kappa shape index (κ1) is 43.9. The summed E-state index contributed by atoms with van der Waals surface area (Å²) in [6.45, 7) is 4.54. The topological polar surface area (TPSA) is 9.86 Å². The molecule has 2 unspecified atom stereocenters. The van der Waals surface area contributed by atoms with E-state index in [1.54, 1.807) is 0 Å². The Morgan fingerprint density at radius 1 is 0.408 bits per heavy atom. The SMILES string of the molecule is CCCCCCCC/C=C\CCCCCCC[CH](n1cccc1)[Hf]([F])([F])[CH](CCCCCCC/C=C\CCCCCCCC)n1cccc1. The van der Waals surface area contributed by atoms with Gasteiger partial charge in [0.25, 0.3) is 0 Å². The molecule has 0 saturated carbocycles. The molecule has 0 aromatic carbocycles. The van der Waals surface area contributed by atoms with E-state index in [1.165, 1.54) is 116 Å². The molecule has 2 aromatic rings. The molecule has 2 atom stereocenters. The van der Waals surface area contributed by atoms with Gasteiger partial charge < -0.3 is 0 Å². The first-order valence-corrected chi connectivity index (χ1v) is 27.9. The molecule has 280 valence electrons. The average Bonchev–Trinajstić information content (AvgIpc) is 3.83. The van der Waals surface area contributed by atoms with Crippen molar-refractivity contribution in [2.24, 2.45) is 0 Å². The van der Waals surface area contributed by atoms with Gasteiger partial charge in [0.2, 0.25) is 0 Å². The van der Waals surface area contributed by atoms with Gasteiger partial charge in [-0.25, -0.2) is 0 Å². The molecule has 0 spiro atoms. The summed E-state index contributed by atoms with van der Waals surface area (Å²) in [6, 6.07) is 7.69. The second-order valence-corrected chi connectivity index (χ2v) is 24.3. The van der Waals surface area contributed by atoms with Crippen LogP contribution in [0.3, 0.4) is 0 Å². The molecule has 0 N–H and O–H groups in total. The number of rotatable bonds is 34. The zero-order chi connectivity index (χ0) is 35.1. The van der Waals surface area contributed by atoms with E-state index < -0.39 is 28.8 Å². The number of unbranched alkanes of at least 4 members (excludes halogenated alkanes) is 22. The molecule has 0 radical (unpaired) electrons. The molecule has 0 aliphatic heterocycles. The fourth-order valence-corrected chi connectivity index (χ4v) is 17.2. The van der Waals surface area contributed by atoms with Crippen LogP contribution in [-0.4, -0.2) is 9.13 Å². The molecule has 2 aromatic heterocycles. The summed E-state index contributed by atoms with van der Waals surface area (Å²) in [5.74, 6) is 0. The van der Waals surface area contributed by atoms with Crippen LogP contribution in [0.1, 0.15) is 201 Å². The van der Waals surface area contributed by atoms with Crippen LogP contribution in [-0.2, 0) is 21.2 Å². The molecule has 5 heteroatoms. The Hall–Kier alpha value is -1.23. The van der Waals surface area contributed by atoms with Gasteiger partial charge in [0.05, 0.1) is 0 Å². The molecule has 0 aliphatic rings. The standard InChI is InChI=1S/2C22H38N.2FH.Hf/c2*1-2-3-4-5-6-7-8-9-10-11-12-13-14-15-16-17-20-23-21-18-19-22-23;;;/h2*9-10,18-22H,2-8,11-17H2,1H3;2*1H;/q;;;;+2/p-2/b2*10-9-;;;. The number of nitrogens with zero attached hydrogens (tertiary/aromatic N) is 2. The summed E-state index contributed by atoms with van der Waals surface area (Å²) in [7, 11) is 0. The molecule has 0 bridgehead atoms. The van der Waals surface area contributed by atoms with E-state index >= 15 is 5.33 Å². The average molecular weight is 850 g/mol. The molecular formula is C44H76F2HfN2. The van der Waals surface area contributed by atoms with Crippen molar-refractivity contribution in [1.29, 1.82) is 0 Å². The number of hydrogen-bond acceptors (Lipinski definition) is 0. The van der Waals surface area contributed by atoms with Crippen molar-refractivity contribution in [2.75, 3.05) is 0 Å². The minimum absolute atomic E-state index is 0.595. The van der Waals surface area contributed by atoms with E-state index in [-0.39, 0.29) is 0 Å². The monoisotopic (exact) mass is 851 g/mol. The Morgan fingerprint density at radius 2 is 0.673 bits per heavy atom. The van der Waals surface area contributed by atoms with E-state index in [4.69, 9.17) is 0 Å². The maximum absolute atomic E-state index is 16.8. The van der Waals surface area contributed by atoms with Crippen LogP contribution >= 0.6 is 0 Å². The molecule has 2 nitrogen and oxygen atoms in total. The number of hydrogen-bond donors (Lipinski definition) is 0. The quantitative estimate of drug-likeness (QED) is 0.0377. The van der Waals surface area contributed by atoms with Crippen molar-refractivity contribution >= 4 is 0 Å². The number of halogens is 2. The Labute approximate surface area is 308 Å². The molecule has 49 heavy (non-hydrogen) atoms. The molecule has 2 rings (SSSR count). The molecular weight excluding hydrogens is 773 g/mol. The van der Waals surface area contributed by atoms with Gasteiger partial charge in [-0.1, -0.05) is 78.1 Å². The zero-order valence-corrected chi connectivity index (χ0v) is 35.6. The molecule has 0 amide bonds. The van der Waals surface area contributed by atoms with Crippen molar-refractivity contribution in [3.63, 3.8) is 0 Å². The zero-order valence-electron chi connectivity index (χ0n) is 32.0. The third-order valence-corrected chi connectivity index (χ3v) is 20.9. The van der Waals surface area contributed by atoms with Crippen LogP contribution in [0, 0.1) is 0 Å². The molecule has 0 saturated heterocycles. The Bertz CT molecular complexity index is 934. The first-order valence-electron chi connectivity index (χ1n) is 21.0. The number of allylic oxidation sites excluding steroid dienone is 4. The third kappa shape index (κ3) is 21.0. The number of aromatic nitrogens is 2. The van der Waals surface area contributed by atoms with Gasteiger partial charge in [0.1, 0.15) is 0 Å². The van der Waals surface area contributed by atoms with E-state index in [0.717, 1.165) is 51.4 Å². The van der Waals surface area contributed by atoms with Gasteiger partial charge in [-0.15, -0.1) is 0 Å². The maximum atomic E-state index is 16.8. The van der Waals surface area contributed by atoms with E-state index in [9.17, 15) is 0 Å². The Morgan fingerprint density at radius 3 is 0.980 bits per heavy atom. The second-order valence-electron chi connectivity index (χ2n) is 14.7.